The number of nitrogens with zero attached hydrogens (tertiary/aromatic N) is 8. The first kappa shape index (κ1) is 25.7. The Bertz CT molecular complexity index is 1520. The highest BCUT2D eigenvalue weighted by Crippen LogP contribution is 2.30. The normalized spacial score (nSPS) is 17.9. The number of benzene rings is 1. The van der Waals surface area contributed by atoms with Crippen molar-refractivity contribution in [3.63, 3.8) is 0 Å². The van der Waals surface area contributed by atoms with Gasteiger partial charge in [0.05, 0.1) is 12.0 Å². The fraction of sp³-hybridized carbons (Fsp3) is 0.400. The molecule has 13 nitrogen and oxygen atoms in total. The van der Waals surface area contributed by atoms with Crippen molar-refractivity contribution >= 4 is 29.3 Å². The molecule has 0 radical (unpaired) electrons. The molecular weight excluding hydrogens is 526 g/mol. The smallest absolute Gasteiger partial charge is 0.261 e. The number of amides is 1. The molecule has 6 rings (SSSR count). The number of nitrogens with two attached hydrogens (primary N) is 1. The molecule has 3 N–H and O–H groups in total. The molecule has 0 bridgehead atoms. The lowest BCUT2D eigenvalue weighted by molar-refractivity contribution is -0.125. The molecule has 0 aliphatic carbocycles. The van der Waals surface area contributed by atoms with Gasteiger partial charge in [-0.2, -0.15) is 19.5 Å². The Morgan fingerprint density at radius 1 is 1.18 bits per heavy atom. The molecule has 2 fully saturated rings. The lowest BCUT2D eigenvalue weighted by Gasteiger charge is -2.37. The van der Waals surface area contributed by atoms with Crippen LogP contribution in [0.3, 0.4) is 0 Å². The second-order valence-electron chi connectivity index (χ2n) is 9.68. The number of halogens is 2. The van der Waals surface area contributed by atoms with Gasteiger partial charge in [-0.15, -0.1) is 5.10 Å². The van der Waals surface area contributed by atoms with Gasteiger partial charge in [-0.1, -0.05) is 0 Å². The average molecular weight is 555 g/mol. The largest absolute Gasteiger partial charge is 0.477 e. The Balaban J connectivity index is 1.06. The molecule has 15 heteroatoms. The van der Waals surface area contributed by atoms with Crippen LogP contribution >= 0.6 is 0 Å². The summed E-state index contributed by atoms with van der Waals surface area (Å²) in [6, 6.07) is 5.65. The molecule has 2 aliphatic rings. The van der Waals surface area contributed by atoms with Crippen LogP contribution in [-0.4, -0.2) is 94.3 Å². The number of furan rings is 1. The van der Waals surface area contributed by atoms with Gasteiger partial charge in [-0.3, -0.25) is 9.69 Å². The van der Waals surface area contributed by atoms with E-state index in [1.807, 2.05) is 16.8 Å². The first-order chi connectivity index (χ1) is 19.4. The highest BCUT2D eigenvalue weighted by molar-refractivity contribution is 5.83. The van der Waals surface area contributed by atoms with Gasteiger partial charge in [-0.05, 0) is 12.1 Å². The minimum absolute atomic E-state index is 0.122. The zero-order valence-corrected chi connectivity index (χ0v) is 21.8. The molecule has 0 saturated carbocycles. The molecule has 1 amide bonds. The molecule has 0 spiro atoms. The van der Waals surface area contributed by atoms with E-state index in [2.05, 4.69) is 30.3 Å². The average Bonchev–Trinajstić information content (AvgIpc) is 3.71. The van der Waals surface area contributed by atoms with Crippen LogP contribution in [0.15, 0.2) is 34.9 Å². The number of piperazine rings is 1. The molecule has 4 aromatic rings. The molecular formula is C25H28F2N10O3. The fourth-order valence-electron chi connectivity index (χ4n) is 4.77. The van der Waals surface area contributed by atoms with Gasteiger partial charge in [0.2, 0.25) is 17.7 Å². The highest BCUT2D eigenvalue weighted by atomic mass is 19.1. The van der Waals surface area contributed by atoms with E-state index in [4.69, 9.17) is 14.9 Å². The number of carbonyl (C=O) groups is 1. The quantitative estimate of drug-likeness (QED) is 0.324. The number of rotatable bonds is 8. The van der Waals surface area contributed by atoms with Gasteiger partial charge >= 0.3 is 0 Å². The number of aromatic nitrogens is 5. The van der Waals surface area contributed by atoms with E-state index in [0.29, 0.717) is 75.5 Å². The van der Waals surface area contributed by atoms with Crippen LogP contribution in [0.2, 0.25) is 0 Å². The number of likely N-dealkylation sites (N-methyl/N-ethyl adjacent to an activating group) is 1. The second-order valence-corrected chi connectivity index (χ2v) is 9.68. The Labute approximate surface area is 227 Å². The minimum Gasteiger partial charge on any atom is -0.477 e. The van der Waals surface area contributed by atoms with Crippen LogP contribution in [-0.2, 0) is 4.79 Å². The predicted molar refractivity (Wildman–Crippen MR) is 141 cm³/mol. The third-order valence-electron chi connectivity index (χ3n) is 7.04. The predicted octanol–water partition coefficient (Wildman–Crippen LogP) is 1.17. The monoisotopic (exact) mass is 554 g/mol. The van der Waals surface area contributed by atoms with Crippen LogP contribution in [0, 0.1) is 11.6 Å². The number of fused-ring (bicyclic) bond motifs is 1. The summed E-state index contributed by atoms with van der Waals surface area (Å²) in [6.07, 6.45) is 1.20. The Morgan fingerprint density at radius 2 is 2.00 bits per heavy atom. The zero-order chi connectivity index (χ0) is 27.8. The van der Waals surface area contributed by atoms with E-state index in [0.717, 1.165) is 6.07 Å². The number of nitrogens with one attached hydrogen (secondary N) is 1. The number of ether oxygens (including phenoxy) is 1. The van der Waals surface area contributed by atoms with Crippen molar-refractivity contribution in [3.8, 4) is 17.3 Å². The zero-order valence-electron chi connectivity index (χ0n) is 21.8. The van der Waals surface area contributed by atoms with Crippen molar-refractivity contribution in [1.82, 2.24) is 34.8 Å². The van der Waals surface area contributed by atoms with Crippen LogP contribution in [0.5, 0.6) is 5.75 Å². The maximum absolute atomic E-state index is 14.7. The van der Waals surface area contributed by atoms with Crippen molar-refractivity contribution in [2.45, 2.75) is 12.5 Å². The van der Waals surface area contributed by atoms with Crippen LogP contribution in [0.4, 0.5) is 26.4 Å². The topological polar surface area (TPSA) is 143 Å². The van der Waals surface area contributed by atoms with Gasteiger partial charge in [0.1, 0.15) is 5.82 Å². The third-order valence-corrected chi connectivity index (χ3v) is 7.04. The Kier molecular flexibility index (Phi) is 6.79. The van der Waals surface area contributed by atoms with E-state index in [1.165, 1.54) is 16.8 Å². The van der Waals surface area contributed by atoms with E-state index in [-0.39, 0.29) is 23.3 Å². The number of carbonyl (C=O) groups excluding carboxylic acids is 1. The lowest BCUT2D eigenvalue weighted by Crippen LogP contribution is -2.48. The summed E-state index contributed by atoms with van der Waals surface area (Å²) in [5.41, 5.74) is 6.36. The Morgan fingerprint density at radius 3 is 2.73 bits per heavy atom. The molecule has 210 valence electrons. The van der Waals surface area contributed by atoms with Crippen molar-refractivity contribution in [2.75, 3.05) is 68.4 Å². The fourth-order valence-corrected chi connectivity index (χ4v) is 4.77. The molecule has 1 aromatic carbocycles. The van der Waals surface area contributed by atoms with Gasteiger partial charge in [0, 0.05) is 71.4 Å². The summed E-state index contributed by atoms with van der Waals surface area (Å²) in [4.78, 5) is 31.1. The molecule has 2 aliphatic heterocycles. The van der Waals surface area contributed by atoms with Crippen molar-refractivity contribution < 1.29 is 22.7 Å². The molecule has 2 saturated heterocycles. The van der Waals surface area contributed by atoms with Crippen molar-refractivity contribution in [1.29, 1.82) is 0 Å². The van der Waals surface area contributed by atoms with Gasteiger partial charge in [0.25, 0.3) is 11.7 Å². The standard InChI is InChI=1S/C25H28F2N10O3/c1-34(24-31-23(28)37-25(32-24)30-21(33-37)18-3-2-12-39-18)6-7-35-8-10-36(11-9-35)17-14-20(16(27)13-15(17)26)40-19-4-5-29-22(19)38/h2-3,12-14,19H,4-11H2,1H3,(H,29,38)(H2,28,30,31,32,33)/t19-/m1/s1. The molecule has 40 heavy (non-hydrogen) atoms. The van der Waals surface area contributed by atoms with Gasteiger partial charge < -0.3 is 30.0 Å². The summed E-state index contributed by atoms with van der Waals surface area (Å²) < 4.78 is 41.3. The lowest BCUT2D eigenvalue weighted by atomic mass is 10.2. The van der Waals surface area contributed by atoms with Gasteiger partial charge in [-0.25, -0.2) is 8.78 Å². The summed E-state index contributed by atoms with van der Waals surface area (Å²) in [6.45, 7) is 4.22. The molecule has 5 heterocycles. The van der Waals surface area contributed by atoms with E-state index in [1.54, 1.807) is 12.1 Å². The first-order valence-electron chi connectivity index (χ1n) is 12.9. The highest BCUT2D eigenvalue weighted by Gasteiger charge is 2.28. The maximum atomic E-state index is 14.7. The first-order valence-corrected chi connectivity index (χ1v) is 12.9. The maximum Gasteiger partial charge on any atom is 0.261 e. The van der Waals surface area contributed by atoms with Crippen molar-refractivity contribution in [2.24, 2.45) is 0 Å². The third kappa shape index (κ3) is 5.06. The van der Waals surface area contributed by atoms with Crippen LogP contribution in [0.25, 0.3) is 17.4 Å². The number of hydrogen-bond acceptors (Lipinski definition) is 11. The number of nitrogen functional groups attached to an aromatic ring is 1. The summed E-state index contributed by atoms with van der Waals surface area (Å²) in [5, 5.41) is 6.96. The van der Waals surface area contributed by atoms with E-state index in [9.17, 15) is 13.6 Å². The summed E-state index contributed by atoms with van der Waals surface area (Å²) in [7, 11) is 1.87. The van der Waals surface area contributed by atoms with E-state index >= 15 is 0 Å². The SMILES string of the molecule is CN(CCN1CCN(c2cc(O[C@@H]3CCNC3=O)c(F)cc2F)CC1)c1nc(N)n2nc(-c3ccco3)nc2n1. The van der Waals surface area contributed by atoms with Crippen LogP contribution in [0.1, 0.15) is 6.42 Å². The molecule has 0 unspecified atom stereocenters. The van der Waals surface area contributed by atoms with Crippen molar-refractivity contribution in [3.05, 3.63) is 42.2 Å². The number of hydrogen-bond donors (Lipinski definition) is 2. The van der Waals surface area contributed by atoms with Crippen LogP contribution < -0.4 is 25.6 Å². The number of anilines is 3. The van der Waals surface area contributed by atoms with Gasteiger partial charge in [0.15, 0.2) is 23.4 Å². The summed E-state index contributed by atoms with van der Waals surface area (Å²) >= 11 is 0. The molecule has 3 aromatic heterocycles. The second kappa shape index (κ2) is 10.6. The molecule has 1 atom stereocenters. The summed E-state index contributed by atoms with van der Waals surface area (Å²) in [5.74, 6) is -0.154. The Hall–Kier alpha value is -4.53. The van der Waals surface area contributed by atoms with E-state index < -0.39 is 17.7 Å². The minimum atomic E-state index is -0.827.